The molecular formula is C22H19NO. The van der Waals surface area contributed by atoms with Crippen LogP contribution < -0.4 is 4.74 Å². The van der Waals surface area contributed by atoms with Crippen molar-refractivity contribution in [2.75, 3.05) is 0 Å². The van der Waals surface area contributed by atoms with E-state index in [2.05, 4.69) is 42.5 Å². The largest absolute Gasteiger partial charge is 0.489 e. The van der Waals surface area contributed by atoms with Crippen molar-refractivity contribution in [3.05, 3.63) is 89.5 Å². The van der Waals surface area contributed by atoms with E-state index in [1.807, 2.05) is 43.3 Å². The summed E-state index contributed by atoms with van der Waals surface area (Å²) in [5.74, 6) is 0.862. The highest BCUT2D eigenvalue weighted by atomic mass is 16.5. The quantitative estimate of drug-likeness (QED) is 0.639. The minimum atomic E-state index is 0.457. The lowest BCUT2D eigenvalue weighted by Crippen LogP contribution is -1.94. The monoisotopic (exact) mass is 313 g/mol. The van der Waals surface area contributed by atoms with Gasteiger partial charge in [0, 0.05) is 0 Å². The summed E-state index contributed by atoms with van der Waals surface area (Å²) in [6, 6.07) is 26.7. The van der Waals surface area contributed by atoms with Crippen LogP contribution in [-0.2, 0) is 13.0 Å². The van der Waals surface area contributed by atoms with Gasteiger partial charge in [-0.2, -0.15) is 5.26 Å². The Labute approximate surface area is 143 Å². The fourth-order valence-corrected chi connectivity index (χ4v) is 2.64. The van der Waals surface area contributed by atoms with Crippen LogP contribution in [0.25, 0.3) is 11.1 Å². The molecule has 0 aliphatic carbocycles. The maximum absolute atomic E-state index is 8.83. The Bertz CT molecular complexity index is 845. The Morgan fingerprint density at radius 3 is 2.25 bits per heavy atom. The molecule has 0 spiro atoms. The van der Waals surface area contributed by atoms with Crippen molar-refractivity contribution in [1.29, 1.82) is 5.26 Å². The second kappa shape index (κ2) is 7.48. The molecule has 0 unspecified atom stereocenters. The molecule has 0 saturated heterocycles. The molecule has 3 aromatic rings. The van der Waals surface area contributed by atoms with Gasteiger partial charge in [0.1, 0.15) is 12.4 Å². The Morgan fingerprint density at radius 2 is 1.58 bits per heavy atom. The zero-order valence-electron chi connectivity index (χ0n) is 13.7. The van der Waals surface area contributed by atoms with Gasteiger partial charge in [-0.25, -0.2) is 0 Å². The van der Waals surface area contributed by atoms with E-state index in [1.54, 1.807) is 0 Å². The molecule has 0 amide bonds. The van der Waals surface area contributed by atoms with E-state index in [1.165, 1.54) is 0 Å². The van der Waals surface area contributed by atoms with E-state index in [9.17, 15) is 0 Å². The molecule has 3 rings (SSSR count). The molecule has 0 fully saturated rings. The van der Waals surface area contributed by atoms with Crippen molar-refractivity contribution in [2.45, 2.75) is 20.0 Å². The van der Waals surface area contributed by atoms with E-state index in [0.29, 0.717) is 13.0 Å². The minimum absolute atomic E-state index is 0.457. The van der Waals surface area contributed by atoms with Gasteiger partial charge in [0.25, 0.3) is 0 Å². The highest BCUT2D eigenvalue weighted by molar-refractivity contribution is 5.65. The average Bonchev–Trinajstić information content (AvgIpc) is 2.63. The summed E-state index contributed by atoms with van der Waals surface area (Å²) in [5, 5.41) is 8.83. The van der Waals surface area contributed by atoms with Gasteiger partial charge in [-0.15, -0.1) is 0 Å². The van der Waals surface area contributed by atoms with Crippen LogP contribution in [0.15, 0.2) is 72.8 Å². The van der Waals surface area contributed by atoms with Gasteiger partial charge >= 0.3 is 0 Å². The molecule has 0 aliphatic rings. The summed E-state index contributed by atoms with van der Waals surface area (Å²) in [7, 11) is 0. The highest BCUT2D eigenvalue weighted by Crippen LogP contribution is 2.25. The Kier molecular flexibility index (Phi) is 4.93. The maximum Gasteiger partial charge on any atom is 0.119 e. The Hall–Kier alpha value is -3.05. The lowest BCUT2D eigenvalue weighted by Gasteiger charge is -2.09. The first-order valence-electron chi connectivity index (χ1n) is 8.00. The van der Waals surface area contributed by atoms with Gasteiger partial charge in [-0.1, -0.05) is 60.7 Å². The van der Waals surface area contributed by atoms with Crippen molar-refractivity contribution in [1.82, 2.24) is 0 Å². The zero-order valence-corrected chi connectivity index (χ0v) is 13.7. The van der Waals surface area contributed by atoms with E-state index in [4.69, 9.17) is 10.00 Å². The predicted octanol–water partition coefficient (Wildman–Crippen LogP) is 5.31. The molecular weight excluding hydrogens is 294 g/mol. The van der Waals surface area contributed by atoms with Gasteiger partial charge in [-0.3, -0.25) is 0 Å². The normalized spacial score (nSPS) is 10.2. The molecule has 0 atom stereocenters. The number of nitriles is 1. The van der Waals surface area contributed by atoms with Crippen LogP contribution in [0.4, 0.5) is 0 Å². The summed E-state index contributed by atoms with van der Waals surface area (Å²) in [5.41, 5.74) is 5.70. The number of aryl methyl sites for hydroxylation is 1. The molecule has 3 aromatic carbocycles. The van der Waals surface area contributed by atoms with E-state index in [0.717, 1.165) is 33.6 Å². The molecule has 24 heavy (non-hydrogen) atoms. The standard InChI is InChI=1S/C22H19NO/c1-17-15-21(8-7-19(17)13-14-23)20-9-11-22(12-10-20)24-16-18-5-3-2-4-6-18/h2-12,15H,13,16H2,1H3. The van der Waals surface area contributed by atoms with Crippen LogP contribution in [0.5, 0.6) is 5.75 Å². The first kappa shape index (κ1) is 15.8. The van der Waals surface area contributed by atoms with Gasteiger partial charge < -0.3 is 4.74 Å². The molecule has 118 valence electrons. The smallest absolute Gasteiger partial charge is 0.119 e. The molecule has 0 radical (unpaired) electrons. The number of ether oxygens (including phenoxy) is 1. The molecule has 0 N–H and O–H groups in total. The van der Waals surface area contributed by atoms with Crippen LogP contribution in [0.2, 0.25) is 0 Å². The van der Waals surface area contributed by atoms with Crippen LogP contribution in [0, 0.1) is 18.3 Å². The number of benzene rings is 3. The summed E-state index contributed by atoms with van der Waals surface area (Å²) in [6.07, 6.45) is 0.457. The first-order chi connectivity index (χ1) is 11.8. The van der Waals surface area contributed by atoms with Crippen molar-refractivity contribution < 1.29 is 4.74 Å². The van der Waals surface area contributed by atoms with Crippen molar-refractivity contribution in [3.63, 3.8) is 0 Å². The van der Waals surface area contributed by atoms with Crippen molar-refractivity contribution in [2.24, 2.45) is 0 Å². The summed E-state index contributed by atoms with van der Waals surface area (Å²) < 4.78 is 5.82. The van der Waals surface area contributed by atoms with Crippen LogP contribution in [0.1, 0.15) is 16.7 Å². The number of rotatable bonds is 5. The minimum Gasteiger partial charge on any atom is -0.489 e. The topological polar surface area (TPSA) is 33.0 Å². The van der Waals surface area contributed by atoms with E-state index in [-0.39, 0.29) is 0 Å². The third-order valence-corrected chi connectivity index (χ3v) is 4.05. The molecule has 2 heteroatoms. The Balaban J connectivity index is 1.70. The second-order valence-electron chi connectivity index (χ2n) is 5.77. The van der Waals surface area contributed by atoms with Crippen molar-refractivity contribution >= 4 is 0 Å². The van der Waals surface area contributed by atoms with Crippen LogP contribution in [-0.4, -0.2) is 0 Å². The first-order valence-corrected chi connectivity index (χ1v) is 8.00. The van der Waals surface area contributed by atoms with E-state index >= 15 is 0 Å². The van der Waals surface area contributed by atoms with Crippen LogP contribution in [0.3, 0.4) is 0 Å². The van der Waals surface area contributed by atoms with Crippen molar-refractivity contribution in [3.8, 4) is 22.9 Å². The molecule has 0 aliphatic heterocycles. The molecule has 0 heterocycles. The molecule has 0 saturated carbocycles. The number of hydrogen-bond acceptors (Lipinski definition) is 2. The SMILES string of the molecule is Cc1cc(-c2ccc(OCc3ccccc3)cc2)ccc1CC#N. The lowest BCUT2D eigenvalue weighted by atomic mass is 9.98. The summed E-state index contributed by atoms with van der Waals surface area (Å²) in [6.45, 7) is 2.62. The lowest BCUT2D eigenvalue weighted by molar-refractivity contribution is 0.306. The predicted molar refractivity (Wildman–Crippen MR) is 96.7 cm³/mol. The second-order valence-corrected chi connectivity index (χ2v) is 5.77. The third kappa shape index (κ3) is 3.83. The van der Waals surface area contributed by atoms with Crippen LogP contribution >= 0.6 is 0 Å². The van der Waals surface area contributed by atoms with Gasteiger partial charge in [0.05, 0.1) is 12.5 Å². The van der Waals surface area contributed by atoms with Gasteiger partial charge in [0.2, 0.25) is 0 Å². The maximum atomic E-state index is 8.83. The third-order valence-electron chi connectivity index (χ3n) is 4.05. The Morgan fingerprint density at radius 1 is 0.875 bits per heavy atom. The molecule has 0 aromatic heterocycles. The average molecular weight is 313 g/mol. The number of hydrogen-bond donors (Lipinski definition) is 0. The summed E-state index contributed by atoms with van der Waals surface area (Å²) >= 11 is 0. The van der Waals surface area contributed by atoms with E-state index < -0.39 is 0 Å². The molecule has 2 nitrogen and oxygen atoms in total. The summed E-state index contributed by atoms with van der Waals surface area (Å²) in [4.78, 5) is 0. The van der Waals surface area contributed by atoms with Gasteiger partial charge in [-0.05, 0) is 46.9 Å². The zero-order chi connectivity index (χ0) is 16.8. The fraction of sp³-hybridized carbons (Fsp3) is 0.136. The van der Waals surface area contributed by atoms with Gasteiger partial charge in [0.15, 0.2) is 0 Å². The highest BCUT2D eigenvalue weighted by Gasteiger charge is 2.03. The molecule has 0 bridgehead atoms. The number of nitrogens with zero attached hydrogens (tertiary/aromatic N) is 1. The fourth-order valence-electron chi connectivity index (χ4n) is 2.64.